The highest BCUT2D eigenvalue weighted by Crippen LogP contribution is 2.29. The molecule has 34 heavy (non-hydrogen) atoms. The number of hydrogen-bond donors (Lipinski definition) is 3. The molecular formula is C25H19F3N4O2. The number of fused-ring (bicyclic) bond motifs is 1. The Kier molecular flexibility index (Phi) is 6.44. The molecule has 0 radical (unpaired) electrons. The normalized spacial score (nSPS) is 11.1. The van der Waals surface area contributed by atoms with Crippen molar-refractivity contribution in [2.45, 2.75) is 12.6 Å². The van der Waals surface area contributed by atoms with Crippen molar-refractivity contribution in [3.63, 3.8) is 0 Å². The van der Waals surface area contributed by atoms with Crippen LogP contribution in [-0.2, 0) is 17.4 Å². The number of nitrogens with one attached hydrogen (secondary N) is 3. The molecule has 1 aromatic heterocycles. The fourth-order valence-corrected chi connectivity index (χ4v) is 3.31. The van der Waals surface area contributed by atoms with Gasteiger partial charge in [-0.05, 0) is 54.1 Å². The molecule has 9 heteroatoms. The SMILES string of the molecule is O=C(Cc1ccc(C(F)(F)F)cc1)NNC(=O)c1ccc(Nc2ccnc3ccccc23)cc1. The van der Waals surface area contributed by atoms with Crippen LogP contribution in [0.2, 0.25) is 0 Å². The topological polar surface area (TPSA) is 83.1 Å². The largest absolute Gasteiger partial charge is 0.416 e. The number of alkyl halides is 3. The fraction of sp³-hybridized carbons (Fsp3) is 0.0800. The van der Waals surface area contributed by atoms with E-state index in [4.69, 9.17) is 0 Å². The molecule has 0 unspecified atom stereocenters. The standard InChI is InChI=1S/C25H19F3N4O2/c26-25(27,28)18-9-5-16(6-10-18)15-23(33)31-32-24(34)17-7-11-19(12-8-17)30-22-13-14-29-21-4-2-1-3-20(21)22/h1-14H,15H2,(H,29,30)(H,31,33)(H,32,34). The Hall–Kier alpha value is -4.40. The Morgan fingerprint density at radius 1 is 0.824 bits per heavy atom. The van der Waals surface area contributed by atoms with Crippen molar-refractivity contribution >= 4 is 34.1 Å². The fourth-order valence-electron chi connectivity index (χ4n) is 3.31. The van der Waals surface area contributed by atoms with Crippen LogP contribution in [0, 0.1) is 0 Å². The average Bonchev–Trinajstić information content (AvgIpc) is 2.83. The van der Waals surface area contributed by atoms with E-state index in [1.54, 1.807) is 30.5 Å². The second-order valence-corrected chi connectivity index (χ2v) is 7.45. The predicted octanol–water partition coefficient (Wildman–Crippen LogP) is 5.00. The zero-order chi connectivity index (χ0) is 24.1. The Morgan fingerprint density at radius 3 is 2.24 bits per heavy atom. The maximum absolute atomic E-state index is 12.6. The third-order valence-electron chi connectivity index (χ3n) is 5.04. The zero-order valence-corrected chi connectivity index (χ0v) is 17.7. The van der Waals surface area contributed by atoms with Crippen molar-refractivity contribution < 1.29 is 22.8 Å². The van der Waals surface area contributed by atoms with E-state index in [1.165, 1.54) is 12.1 Å². The number of aromatic nitrogens is 1. The van der Waals surface area contributed by atoms with Crippen LogP contribution < -0.4 is 16.2 Å². The molecule has 0 aliphatic carbocycles. The lowest BCUT2D eigenvalue weighted by atomic mass is 10.1. The van der Waals surface area contributed by atoms with Crippen LogP contribution in [0.5, 0.6) is 0 Å². The number of pyridine rings is 1. The van der Waals surface area contributed by atoms with Crippen LogP contribution in [0.15, 0.2) is 85.1 Å². The summed E-state index contributed by atoms with van der Waals surface area (Å²) >= 11 is 0. The minimum atomic E-state index is -4.44. The lowest BCUT2D eigenvalue weighted by molar-refractivity contribution is -0.137. The van der Waals surface area contributed by atoms with Crippen LogP contribution in [0.25, 0.3) is 10.9 Å². The van der Waals surface area contributed by atoms with Crippen molar-refractivity contribution in [2.24, 2.45) is 0 Å². The van der Waals surface area contributed by atoms with Crippen molar-refractivity contribution in [2.75, 3.05) is 5.32 Å². The van der Waals surface area contributed by atoms with Gasteiger partial charge in [0.05, 0.1) is 17.5 Å². The molecule has 0 aliphatic heterocycles. The molecule has 172 valence electrons. The third-order valence-corrected chi connectivity index (χ3v) is 5.04. The van der Waals surface area contributed by atoms with E-state index in [2.05, 4.69) is 21.2 Å². The number of carbonyl (C=O) groups is 2. The van der Waals surface area contributed by atoms with Gasteiger partial charge in [-0.2, -0.15) is 13.2 Å². The quantitative estimate of drug-likeness (QED) is 0.363. The number of amides is 2. The molecule has 6 nitrogen and oxygen atoms in total. The van der Waals surface area contributed by atoms with Crippen LogP contribution in [0.4, 0.5) is 24.5 Å². The first-order valence-electron chi connectivity index (χ1n) is 10.3. The van der Waals surface area contributed by atoms with Gasteiger partial charge in [0.1, 0.15) is 0 Å². The summed E-state index contributed by atoms with van der Waals surface area (Å²) in [5, 5.41) is 4.25. The van der Waals surface area contributed by atoms with Crippen molar-refractivity contribution in [3.8, 4) is 0 Å². The van der Waals surface area contributed by atoms with Gasteiger partial charge in [-0.3, -0.25) is 25.4 Å². The van der Waals surface area contributed by atoms with Gasteiger partial charge in [-0.15, -0.1) is 0 Å². The monoisotopic (exact) mass is 464 g/mol. The van der Waals surface area contributed by atoms with E-state index in [9.17, 15) is 22.8 Å². The summed E-state index contributed by atoms with van der Waals surface area (Å²) < 4.78 is 37.8. The molecule has 0 spiro atoms. The Bertz CT molecular complexity index is 1320. The van der Waals surface area contributed by atoms with E-state index < -0.39 is 23.6 Å². The predicted molar refractivity (Wildman–Crippen MR) is 122 cm³/mol. The van der Waals surface area contributed by atoms with Gasteiger partial charge < -0.3 is 5.32 Å². The zero-order valence-electron chi connectivity index (χ0n) is 17.7. The highest BCUT2D eigenvalue weighted by molar-refractivity contribution is 5.96. The van der Waals surface area contributed by atoms with Crippen molar-refractivity contribution in [1.29, 1.82) is 0 Å². The van der Waals surface area contributed by atoms with Crippen molar-refractivity contribution in [3.05, 3.63) is 102 Å². The summed E-state index contributed by atoms with van der Waals surface area (Å²) in [7, 11) is 0. The molecule has 4 rings (SSSR count). The summed E-state index contributed by atoms with van der Waals surface area (Å²) in [4.78, 5) is 28.7. The van der Waals surface area contributed by atoms with Gasteiger partial charge in [0.15, 0.2) is 0 Å². The minimum Gasteiger partial charge on any atom is -0.355 e. The van der Waals surface area contributed by atoms with E-state index in [1.807, 2.05) is 30.3 Å². The summed E-state index contributed by atoms with van der Waals surface area (Å²) in [6.45, 7) is 0. The van der Waals surface area contributed by atoms with Gasteiger partial charge in [-0.25, -0.2) is 0 Å². The third kappa shape index (κ3) is 5.50. The molecule has 0 saturated carbocycles. The van der Waals surface area contributed by atoms with E-state index >= 15 is 0 Å². The van der Waals surface area contributed by atoms with Gasteiger partial charge in [0.2, 0.25) is 5.91 Å². The average molecular weight is 464 g/mol. The number of carbonyl (C=O) groups excluding carboxylic acids is 2. The molecule has 0 saturated heterocycles. The first kappa shape index (κ1) is 22.8. The lowest BCUT2D eigenvalue weighted by Crippen LogP contribution is -2.42. The molecule has 1 heterocycles. The Balaban J connectivity index is 1.31. The van der Waals surface area contributed by atoms with Crippen LogP contribution >= 0.6 is 0 Å². The first-order valence-corrected chi connectivity index (χ1v) is 10.3. The molecule has 0 fully saturated rings. The Labute approximate surface area is 192 Å². The minimum absolute atomic E-state index is 0.179. The molecular weight excluding hydrogens is 445 g/mol. The van der Waals surface area contributed by atoms with Gasteiger partial charge in [-0.1, -0.05) is 30.3 Å². The van der Waals surface area contributed by atoms with Crippen molar-refractivity contribution in [1.82, 2.24) is 15.8 Å². The number of para-hydroxylation sites is 1. The molecule has 4 aromatic rings. The highest BCUT2D eigenvalue weighted by atomic mass is 19.4. The van der Waals surface area contributed by atoms with Crippen LogP contribution in [-0.4, -0.2) is 16.8 Å². The highest BCUT2D eigenvalue weighted by Gasteiger charge is 2.29. The number of rotatable bonds is 5. The summed E-state index contributed by atoms with van der Waals surface area (Å²) in [6, 6.07) is 20.5. The van der Waals surface area contributed by atoms with Crippen LogP contribution in [0.1, 0.15) is 21.5 Å². The van der Waals surface area contributed by atoms with E-state index in [0.717, 1.165) is 34.4 Å². The Morgan fingerprint density at radius 2 is 1.53 bits per heavy atom. The first-order chi connectivity index (χ1) is 16.3. The van der Waals surface area contributed by atoms with Crippen LogP contribution in [0.3, 0.4) is 0 Å². The molecule has 0 aliphatic rings. The number of hydrogen-bond acceptors (Lipinski definition) is 4. The molecule has 2 amide bonds. The number of anilines is 2. The number of benzene rings is 3. The smallest absolute Gasteiger partial charge is 0.355 e. The van der Waals surface area contributed by atoms with Gasteiger partial charge in [0.25, 0.3) is 5.91 Å². The van der Waals surface area contributed by atoms with Gasteiger partial charge >= 0.3 is 6.18 Å². The summed E-state index contributed by atoms with van der Waals surface area (Å²) in [6.07, 6.45) is -2.91. The number of hydrazine groups is 1. The van der Waals surface area contributed by atoms with Gasteiger partial charge in [0, 0.05) is 28.5 Å². The maximum atomic E-state index is 12.6. The number of halogens is 3. The molecule has 0 bridgehead atoms. The molecule has 0 atom stereocenters. The summed E-state index contributed by atoms with van der Waals surface area (Å²) in [5.74, 6) is -1.09. The lowest BCUT2D eigenvalue weighted by Gasteiger charge is -2.11. The molecule has 3 aromatic carbocycles. The maximum Gasteiger partial charge on any atom is 0.416 e. The van der Waals surface area contributed by atoms with E-state index in [0.29, 0.717) is 11.1 Å². The van der Waals surface area contributed by atoms with E-state index in [-0.39, 0.29) is 6.42 Å². The summed E-state index contributed by atoms with van der Waals surface area (Å²) in [5.41, 5.74) is 6.98. The number of nitrogens with zero attached hydrogens (tertiary/aromatic N) is 1. The second kappa shape index (κ2) is 9.62. The molecule has 3 N–H and O–H groups in total. The second-order valence-electron chi connectivity index (χ2n) is 7.45.